The molecule has 0 aromatic carbocycles. The smallest absolute Gasteiger partial charge is 0.263 e. The van der Waals surface area contributed by atoms with E-state index in [9.17, 15) is 4.79 Å². The topological polar surface area (TPSA) is 20.3 Å². The van der Waals surface area contributed by atoms with Crippen molar-refractivity contribution in [1.29, 1.82) is 0 Å². The van der Waals surface area contributed by atoms with Crippen molar-refractivity contribution in [1.82, 2.24) is 4.90 Å². The number of carbonyl (C=O) groups is 1. The van der Waals surface area contributed by atoms with Crippen molar-refractivity contribution in [3.63, 3.8) is 0 Å². The average Bonchev–Trinajstić information content (AvgIpc) is 2.60. The Hall–Kier alpha value is -0.350. The number of thiophene rings is 1. The van der Waals surface area contributed by atoms with Crippen molar-refractivity contribution < 1.29 is 4.79 Å². The molecule has 2 rings (SSSR count). The van der Waals surface area contributed by atoms with Gasteiger partial charge in [0.2, 0.25) is 0 Å². The van der Waals surface area contributed by atoms with E-state index < -0.39 is 0 Å². The van der Waals surface area contributed by atoms with Crippen LogP contribution in [0.25, 0.3) is 0 Å². The molecule has 0 spiro atoms. The first-order chi connectivity index (χ1) is 8.22. The monoisotopic (exact) mass is 315 g/mol. The molecule has 0 unspecified atom stereocenters. The summed E-state index contributed by atoms with van der Waals surface area (Å²) in [6, 6.07) is 2.12. The van der Waals surface area contributed by atoms with Crippen LogP contribution >= 0.6 is 27.3 Å². The molecule has 0 atom stereocenters. The molecular weight excluding hydrogens is 298 g/mol. The lowest BCUT2D eigenvalue weighted by Crippen LogP contribution is -2.27. The summed E-state index contributed by atoms with van der Waals surface area (Å²) in [4.78, 5) is 16.3. The van der Waals surface area contributed by atoms with E-state index in [1.165, 1.54) is 29.7 Å². The van der Waals surface area contributed by atoms with Crippen molar-refractivity contribution in [3.05, 3.63) is 21.4 Å². The second-order valence-corrected chi connectivity index (χ2v) is 6.47. The van der Waals surface area contributed by atoms with Gasteiger partial charge in [0.15, 0.2) is 0 Å². The van der Waals surface area contributed by atoms with Gasteiger partial charge >= 0.3 is 0 Å². The zero-order valence-corrected chi connectivity index (χ0v) is 12.6. The molecule has 0 N–H and O–H groups in total. The maximum atomic E-state index is 12.2. The molecule has 0 radical (unpaired) electrons. The van der Waals surface area contributed by atoms with Gasteiger partial charge in [0.25, 0.3) is 5.91 Å². The van der Waals surface area contributed by atoms with E-state index in [0.29, 0.717) is 0 Å². The van der Waals surface area contributed by atoms with E-state index in [1.807, 2.05) is 7.05 Å². The Bertz CT molecular complexity index is 379. The Morgan fingerprint density at radius 1 is 1.41 bits per heavy atom. The van der Waals surface area contributed by atoms with E-state index in [2.05, 4.69) is 22.0 Å². The van der Waals surface area contributed by atoms with Gasteiger partial charge < -0.3 is 4.90 Å². The third-order valence-corrected chi connectivity index (χ3v) is 4.80. The number of fused-ring (bicyclic) bond motifs is 1. The first-order valence-electron chi connectivity index (χ1n) is 6.15. The van der Waals surface area contributed by atoms with Gasteiger partial charge in [-0.25, -0.2) is 0 Å². The first kappa shape index (κ1) is 13.1. The van der Waals surface area contributed by atoms with Gasteiger partial charge in [0.05, 0.1) is 4.88 Å². The Balaban J connectivity index is 2.14. The fraction of sp³-hybridized carbons (Fsp3) is 0.615. The number of hydrogen-bond donors (Lipinski definition) is 0. The Kier molecular flexibility index (Phi) is 4.62. The van der Waals surface area contributed by atoms with Gasteiger partial charge in [-0.3, -0.25) is 4.79 Å². The molecule has 0 aliphatic heterocycles. The second-order valence-electron chi connectivity index (χ2n) is 4.54. The van der Waals surface area contributed by atoms with Crippen molar-refractivity contribution in [2.75, 3.05) is 18.9 Å². The lowest BCUT2D eigenvalue weighted by molar-refractivity contribution is 0.0808. The van der Waals surface area contributed by atoms with Gasteiger partial charge in [-0.1, -0.05) is 22.4 Å². The van der Waals surface area contributed by atoms with Crippen LogP contribution in [0.5, 0.6) is 0 Å². The number of alkyl halides is 1. The van der Waals surface area contributed by atoms with Crippen molar-refractivity contribution in [3.8, 4) is 0 Å². The molecule has 0 fully saturated rings. The lowest BCUT2D eigenvalue weighted by Gasteiger charge is -2.13. The average molecular weight is 316 g/mol. The molecule has 1 aliphatic rings. The number of rotatable bonds is 3. The summed E-state index contributed by atoms with van der Waals surface area (Å²) in [6.07, 6.45) is 6.19. The zero-order chi connectivity index (χ0) is 12.3. The van der Waals surface area contributed by atoms with E-state index in [4.69, 9.17) is 0 Å². The van der Waals surface area contributed by atoms with Crippen LogP contribution in [0.15, 0.2) is 6.07 Å². The standard InChI is InChI=1S/C13H18BrNOS/c1-15(8-7-14)13(16)12-9-10-5-3-2-4-6-11(10)17-12/h9H,2-8H2,1H3. The highest BCUT2D eigenvalue weighted by atomic mass is 79.9. The molecule has 1 aliphatic carbocycles. The van der Waals surface area contributed by atoms with E-state index in [0.717, 1.165) is 29.6 Å². The molecule has 1 aromatic rings. The fourth-order valence-corrected chi connectivity index (χ4v) is 3.97. The third kappa shape index (κ3) is 3.10. The SMILES string of the molecule is CN(CCBr)C(=O)c1cc2c(s1)CCCCC2. The number of hydrogen-bond acceptors (Lipinski definition) is 2. The van der Waals surface area contributed by atoms with E-state index in [1.54, 1.807) is 16.2 Å². The molecular formula is C13H18BrNOS. The summed E-state index contributed by atoms with van der Waals surface area (Å²) in [5.41, 5.74) is 1.42. The summed E-state index contributed by atoms with van der Waals surface area (Å²) in [5.74, 6) is 0.169. The summed E-state index contributed by atoms with van der Waals surface area (Å²) >= 11 is 5.07. The maximum Gasteiger partial charge on any atom is 0.263 e. The van der Waals surface area contributed by atoms with Crippen molar-refractivity contribution >= 4 is 33.2 Å². The van der Waals surface area contributed by atoms with Crippen LogP contribution in [0.2, 0.25) is 0 Å². The number of aryl methyl sites for hydroxylation is 2. The molecule has 0 saturated heterocycles. The van der Waals surface area contributed by atoms with Crippen LogP contribution in [0.1, 0.15) is 39.4 Å². The zero-order valence-electron chi connectivity index (χ0n) is 10.2. The van der Waals surface area contributed by atoms with E-state index >= 15 is 0 Å². The Labute approximate surface area is 115 Å². The van der Waals surface area contributed by atoms with Gasteiger partial charge in [-0.05, 0) is 37.3 Å². The van der Waals surface area contributed by atoms with Gasteiger partial charge in [0, 0.05) is 23.8 Å². The minimum atomic E-state index is 0.169. The summed E-state index contributed by atoms with van der Waals surface area (Å²) in [5, 5.41) is 0.834. The summed E-state index contributed by atoms with van der Waals surface area (Å²) in [7, 11) is 1.87. The summed E-state index contributed by atoms with van der Waals surface area (Å²) < 4.78 is 0. The number of halogens is 1. The van der Waals surface area contributed by atoms with Crippen molar-refractivity contribution in [2.45, 2.75) is 32.1 Å². The highest BCUT2D eigenvalue weighted by Gasteiger charge is 2.18. The van der Waals surface area contributed by atoms with Crippen LogP contribution < -0.4 is 0 Å². The van der Waals surface area contributed by atoms with Gasteiger partial charge in [0.1, 0.15) is 0 Å². The van der Waals surface area contributed by atoms with Crippen LogP contribution in [-0.4, -0.2) is 29.7 Å². The highest BCUT2D eigenvalue weighted by Crippen LogP contribution is 2.29. The quantitative estimate of drug-likeness (QED) is 0.617. The van der Waals surface area contributed by atoms with Crippen LogP contribution in [-0.2, 0) is 12.8 Å². The van der Waals surface area contributed by atoms with Crippen LogP contribution in [0.3, 0.4) is 0 Å². The minimum absolute atomic E-state index is 0.169. The second kappa shape index (κ2) is 6.01. The predicted octanol–water partition coefficient (Wildman–Crippen LogP) is 3.48. The van der Waals surface area contributed by atoms with Gasteiger partial charge in [-0.15, -0.1) is 11.3 Å². The Morgan fingerprint density at radius 3 is 2.94 bits per heavy atom. The molecule has 1 heterocycles. The fourth-order valence-electron chi connectivity index (χ4n) is 2.19. The van der Waals surface area contributed by atoms with Gasteiger partial charge in [-0.2, -0.15) is 0 Å². The predicted molar refractivity (Wildman–Crippen MR) is 76.3 cm³/mol. The Morgan fingerprint density at radius 2 is 2.18 bits per heavy atom. The molecule has 0 saturated carbocycles. The van der Waals surface area contributed by atoms with E-state index in [-0.39, 0.29) is 5.91 Å². The maximum absolute atomic E-state index is 12.2. The number of amides is 1. The molecule has 1 aromatic heterocycles. The molecule has 0 bridgehead atoms. The molecule has 4 heteroatoms. The number of carbonyl (C=O) groups excluding carboxylic acids is 1. The molecule has 2 nitrogen and oxygen atoms in total. The third-order valence-electron chi connectivity index (χ3n) is 3.22. The summed E-state index contributed by atoms with van der Waals surface area (Å²) in [6.45, 7) is 0.765. The van der Waals surface area contributed by atoms with Crippen LogP contribution in [0.4, 0.5) is 0 Å². The highest BCUT2D eigenvalue weighted by molar-refractivity contribution is 9.09. The van der Waals surface area contributed by atoms with Crippen molar-refractivity contribution in [2.24, 2.45) is 0 Å². The largest absolute Gasteiger partial charge is 0.340 e. The molecule has 94 valence electrons. The first-order valence-corrected chi connectivity index (χ1v) is 8.09. The number of nitrogens with zero attached hydrogens (tertiary/aromatic N) is 1. The molecule has 1 amide bonds. The lowest BCUT2D eigenvalue weighted by atomic mass is 10.1. The normalized spacial score (nSPS) is 15.2. The van der Waals surface area contributed by atoms with Crippen LogP contribution in [0, 0.1) is 0 Å². The molecule has 17 heavy (non-hydrogen) atoms. The minimum Gasteiger partial charge on any atom is -0.340 e.